The van der Waals surface area contributed by atoms with Gasteiger partial charge in [0.05, 0.1) is 17.8 Å². The molecule has 1 aliphatic heterocycles. The quantitative estimate of drug-likeness (QED) is 0.442. The molecule has 0 spiro atoms. The monoisotopic (exact) mass is 521 g/mol. The van der Waals surface area contributed by atoms with E-state index < -0.39 is 53.8 Å². The van der Waals surface area contributed by atoms with Crippen molar-refractivity contribution in [3.8, 4) is 11.3 Å². The number of thioether (sulfide) groups is 1. The Balaban J connectivity index is 1.64. The second kappa shape index (κ2) is 9.79. The number of benzene rings is 2. The van der Waals surface area contributed by atoms with Crippen molar-refractivity contribution in [2.24, 2.45) is 0 Å². The van der Waals surface area contributed by atoms with E-state index in [-0.39, 0.29) is 11.3 Å². The highest BCUT2D eigenvalue weighted by Crippen LogP contribution is 2.40. The van der Waals surface area contributed by atoms with Crippen LogP contribution in [0, 0.1) is 17.5 Å². The summed E-state index contributed by atoms with van der Waals surface area (Å²) in [7, 11) is 0. The Labute approximate surface area is 199 Å². The van der Waals surface area contributed by atoms with Gasteiger partial charge in [0.25, 0.3) is 0 Å². The number of ether oxygens (including phenoxy) is 1. The van der Waals surface area contributed by atoms with E-state index in [1.54, 1.807) is 12.1 Å². The Morgan fingerprint density at radius 2 is 1.76 bits per heavy atom. The maximum Gasteiger partial charge on any atom is 0.194 e. The molecule has 0 saturated carbocycles. The smallest absolute Gasteiger partial charge is 0.194 e. The Morgan fingerprint density at radius 1 is 1.06 bits per heavy atom. The van der Waals surface area contributed by atoms with Crippen molar-refractivity contribution in [2.45, 2.75) is 34.7 Å². The van der Waals surface area contributed by atoms with Gasteiger partial charge in [-0.05, 0) is 30.3 Å². The van der Waals surface area contributed by atoms with Gasteiger partial charge in [0.2, 0.25) is 0 Å². The van der Waals surface area contributed by atoms with E-state index >= 15 is 0 Å². The molecule has 0 bridgehead atoms. The molecule has 33 heavy (non-hydrogen) atoms. The lowest BCUT2D eigenvalue weighted by Crippen LogP contribution is -2.55. The van der Waals surface area contributed by atoms with Gasteiger partial charge in [0.15, 0.2) is 17.5 Å². The lowest BCUT2D eigenvalue weighted by molar-refractivity contribution is -0.178. The molecular formula is C20H16Cl2F3N3O4S. The molecule has 3 N–H and O–H groups in total. The van der Waals surface area contributed by atoms with Crippen molar-refractivity contribution in [3.63, 3.8) is 0 Å². The summed E-state index contributed by atoms with van der Waals surface area (Å²) >= 11 is 13.2. The van der Waals surface area contributed by atoms with Crippen LogP contribution in [0.25, 0.3) is 11.3 Å². The summed E-state index contributed by atoms with van der Waals surface area (Å²) in [5.41, 5.74) is -1.10. The summed E-state index contributed by atoms with van der Waals surface area (Å²) in [5, 5.41) is 39.7. The molecule has 1 saturated heterocycles. The maximum atomic E-state index is 13.6. The number of aliphatic hydroxyl groups is 3. The maximum absolute atomic E-state index is 13.6. The molecule has 2 aromatic carbocycles. The number of hydrogen-bond acceptors (Lipinski definition) is 7. The molecule has 4 rings (SSSR count). The largest absolute Gasteiger partial charge is 0.394 e. The molecule has 0 amide bonds. The summed E-state index contributed by atoms with van der Waals surface area (Å²) in [6.07, 6.45) is -2.62. The van der Waals surface area contributed by atoms with E-state index in [2.05, 4.69) is 10.3 Å². The molecule has 0 aliphatic carbocycles. The van der Waals surface area contributed by atoms with Crippen molar-refractivity contribution in [3.05, 3.63) is 64.0 Å². The third-order valence-corrected chi connectivity index (χ3v) is 6.97. The topological polar surface area (TPSA) is 101 Å². The van der Waals surface area contributed by atoms with Crippen LogP contribution in [0.5, 0.6) is 0 Å². The average Bonchev–Trinajstić information content (AvgIpc) is 3.25. The zero-order chi connectivity index (χ0) is 23.9. The first kappa shape index (κ1) is 24.3. The van der Waals surface area contributed by atoms with Crippen LogP contribution in [0.2, 0.25) is 10.0 Å². The molecular weight excluding hydrogens is 506 g/mol. The number of halogens is 5. The minimum absolute atomic E-state index is 0.0239. The van der Waals surface area contributed by atoms with Gasteiger partial charge in [0, 0.05) is 15.5 Å². The summed E-state index contributed by atoms with van der Waals surface area (Å²) in [6.45, 7) is -0.564. The van der Waals surface area contributed by atoms with E-state index in [0.29, 0.717) is 14.9 Å². The van der Waals surface area contributed by atoms with Crippen LogP contribution >= 0.6 is 35.0 Å². The number of aromatic nitrogens is 3. The predicted octanol–water partition coefficient (Wildman–Crippen LogP) is 3.44. The Bertz CT molecular complexity index is 1150. The van der Waals surface area contributed by atoms with Gasteiger partial charge in [-0.25, -0.2) is 17.9 Å². The Kier molecular flexibility index (Phi) is 7.20. The molecule has 3 aromatic rings. The van der Waals surface area contributed by atoms with Crippen molar-refractivity contribution >= 4 is 35.0 Å². The normalized spacial score (nSPS) is 25.4. The standard InChI is InChI=1S/C20H16Cl2F3N3O4S/c21-9-1-2-15(10(22)5-9)33-20-19(31)17(18(30)14(7-29)32-20)28-6-13(26-27-28)8-3-11(23)16(25)12(24)4-8/h1-6,14,17-20,29-31H,7H2. The molecule has 5 unspecified atom stereocenters. The minimum atomic E-state index is -1.62. The fraction of sp³-hybridized carbons (Fsp3) is 0.300. The number of rotatable bonds is 5. The third-order valence-electron chi connectivity index (χ3n) is 5.08. The number of nitrogens with zero attached hydrogens (tertiary/aromatic N) is 3. The van der Waals surface area contributed by atoms with Gasteiger partial charge in [-0.1, -0.05) is 40.2 Å². The molecule has 13 heteroatoms. The third kappa shape index (κ3) is 4.85. The zero-order valence-corrected chi connectivity index (χ0v) is 18.8. The van der Waals surface area contributed by atoms with Gasteiger partial charge < -0.3 is 20.1 Å². The molecule has 0 radical (unpaired) electrons. The van der Waals surface area contributed by atoms with Crippen molar-refractivity contribution in [2.75, 3.05) is 6.61 Å². The second-order valence-corrected chi connectivity index (χ2v) is 9.21. The first-order valence-corrected chi connectivity index (χ1v) is 11.1. The summed E-state index contributed by atoms with van der Waals surface area (Å²) in [5.74, 6) is -4.42. The highest BCUT2D eigenvalue weighted by Gasteiger charge is 2.46. The van der Waals surface area contributed by atoms with Gasteiger partial charge in [0.1, 0.15) is 35.5 Å². The van der Waals surface area contributed by atoms with Gasteiger partial charge in [-0.15, -0.1) is 5.10 Å². The first-order chi connectivity index (χ1) is 15.7. The molecule has 1 aliphatic rings. The molecule has 1 fully saturated rings. The fourth-order valence-electron chi connectivity index (χ4n) is 3.43. The SMILES string of the molecule is OCC1OC(Sc2ccc(Cl)cc2Cl)C(O)C(n2cc(-c3cc(F)c(F)c(F)c3)nn2)C1O. The van der Waals surface area contributed by atoms with Crippen LogP contribution in [-0.4, -0.2) is 60.7 Å². The first-order valence-electron chi connectivity index (χ1n) is 9.50. The van der Waals surface area contributed by atoms with Crippen molar-refractivity contribution in [1.29, 1.82) is 0 Å². The van der Waals surface area contributed by atoms with Gasteiger partial charge in [-0.2, -0.15) is 0 Å². The summed E-state index contributed by atoms with van der Waals surface area (Å²) in [6, 6.07) is 5.11. The second-order valence-electron chi connectivity index (χ2n) is 7.23. The predicted molar refractivity (Wildman–Crippen MR) is 114 cm³/mol. The van der Waals surface area contributed by atoms with E-state index in [1.807, 2.05) is 0 Å². The van der Waals surface area contributed by atoms with Crippen LogP contribution in [0.15, 0.2) is 41.4 Å². The Morgan fingerprint density at radius 3 is 2.39 bits per heavy atom. The molecule has 5 atom stereocenters. The average molecular weight is 522 g/mol. The van der Waals surface area contributed by atoms with Gasteiger partial charge in [-0.3, -0.25) is 0 Å². The minimum Gasteiger partial charge on any atom is -0.394 e. The van der Waals surface area contributed by atoms with Crippen LogP contribution in [0.4, 0.5) is 13.2 Å². The highest BCUT2D eigenvalue weighted by atomic mass is 35.5. The Hall–Kier alpha value is -1.86. The number of aliphatic hydroxyl groups excluding tert-OH is 3. The lowest BCUT2D eigenvalue weighted by Gasteiger charge is -2.41. The molecule has 1 aromatic heterocycles. The number of hydrogen-bond donors (Lipinski definition) is 3. The summed E-state index contributed by atoms with van der Waals surface area (Å²) in [4.78, 5) is 0.536. The van der Waals surface area contributed by atoms with Crippen LogP contribution < -0.4 is 0 Å². The van der Waals surface area contributed by atoms with Gasteiger partial charge >= 0.3 is 0 Å². The molecule has 7 nitrogen and oxygen atoms in total. The van der Waals surface area contributed by atoms with Crippen LogP contribution in [0.1, 0.15) is 6.04 Å². The van der Waals surface area contributed by atoms with Crippen molar-refractivity contribution < 1.29 is 33.2 Å². The van der Waals surface area contributed by atoms with E-state index in [1.165, 1.54) is 12.3 Å². The van der Waals surface area contributed by atoms with Crippen LogP contribution in [-0.2, 0) is 4.74 Å². The van der Waals surface area contributed by atoms with Crippen molar-refractivity contribution in [1.82, 2.24) is 15.0 Å². The molecule has 2 heterocycles. The summed E-state index contributed by atoms with van der Waals surface area (Å²) < 4.78 is 47.2. The van der Waals surface area contributed by atoms with E-state index in [0.717, 1.165) is 28.6 Å². The van der Waals surface area contributed by atoms with E-state index in [9.17, 15) is 28.5 Å². The fourth-order valence-corrected chi connectivity index (χ4v) is 5.04. The van der Waals surface area contributed by atoms with Crippen LogP contribution in [0.3, 0.4) is 0 Å². The highest BCUT2D eigenvalue weighted by molar-refractivity contribution is 8.00. The van der Waals surface area contributed by atoms with E-state index in [4.69, 9.17) is 27.9 Å². The molecule has 176 valence electrons. The lowest BCUT2D eigenvalue weighted by atomic mass is 9.97. The zero-order valence-electron chi connectivity index (χ0n) is 16.4.